The zero-order chi connectivity index (χ0) is 8.10. The SMILES string of the molecule is CC1CCCCN(CCN)C1. The van der Waals surface area contributed by atoms with Gasteiger partial charge in [0.15, 0.2) is 0 Å². The number of rotatable bonds is 2. The number of nitrogens with zero attached hydrogens (tertiary/aromatic N) is 1. The lowest BCUT2D eigenvalue weighted by Gasteiger charge is -2.20. The Hall–Kier alpha value is -0.0800. The number of hydrogen-bond donors (Lipinski definition) is 1. The Balaban J connectivity index is 2.27. The molecule has 0 aromatic carbocycles. The molecule has 2 N–H and O–H groups in total. The highest BCUT2D eigenvalue weighted by Gasteiger charge is 2.12. The van der Waals surface area contributed by atoms with E-state index in [1.165, 1.54) is 32.4 Å². The van der Waals surface area contributed by atoms with E-state index < -0.39 is 0 Å². The smallest absolute Gasteiger partial charge is 0.0105 e. The molecule has 1 saturated heterocycles. The normalized spacial score (nSPS) is 28.4. The van der Waals surface area contributed by atoms with E-state index >= 15 is 0 Å². The average molecular weight is 156 g/mol. The van der Waals surface area contributed by atoms with E-state index in [9.17, 15) is 0 Å². The van der Waals surface area contributed by atoms with Crippen molar-refractivity contribution in [2.75, 3.05) is 26.2 Å². The molecule has 1 rings (SSSR count). The van der Waals surface area contributed by atoms with Crippen LogP contribution in [0.15, 0.2) is 0 Å². The van der Waals surface area contributed by atoms with Crippen molar-refractivity contribution in [2.45, 2.75) is 26.2 Å². The predicted molar refractivity (Wildman–Crippen MR) is 48.5 cm³/mol. The van der Waals surface area contributed by atoms with Gasteiger partial charge in [0, 0.05) is 19.6 Å². The lowest BCUT2D eigenvalue weighted by Crippen LogP contribution is -2.32. The van der Waals surface area contributed by atoms with Crippen LogP contribution in [0, 0.1) is 5.92 Å². The maximum absolute atomic E-state index is 5.51. The van der Waals surface area contributed by atoms with Crippen LogP contribution in [0.1, 0.15) is 26.2 Å². The fourth-order valence-corrected chi connectivity index (χ4v) is 1.84. The summed E-state index contributed by atoms with van der Waals surface area (Å²) in [4.78, 5) is 2.50. The summed E-state index contributed by atoms with van der Waals surface area (Å²) in [5.41, 5.74) is 5.51. The monoisotopic (exact) mass is 156 g/mol. The van der Waals surface area contributed by atoms with Gasteiger partial charge in [-0.3, -0.25) is 0 Å². The van der Waals surface area contributed by atoms with E-state index in [0.29, 0.717) is 0 Å². The molecule has 0 radical (unpaired) electrons. The maximum atomic E-state index is 5.51. The minimum atomic E-state index is 0.812. The quantitative estimate of drug-likeness (QED) is 0.648. The summed E-state index contributed by atoms with van der Waals surface area (Å²) >= 11 is 0. The van der Waals surface area contributed by atoms with Crippen LogP contribution in [0.5, 0.6) is 0 Å². The largest absolute Gasteiger partial charge is 0.329 e. The topological polar surface area (TPSA) is 29.3 Å². The molecule has 11 heavy (non-hydrogen) atoms. The van der Waals surface area contributed by atoms with Crippen LogP contribution in [0.25, 0.3) is 0 Å². The summed E-state index contributed by atoms with van der Waals surface area (Å²) in [5, 5.41) is 0. The molecule has 0 spiro atoms. The summed E-state index contributed by atoms with van der Waals surface area (Å²) in [6, 6.07) is 0. The van der Waals surface area contributed by atoms with Gasteiger partial charge < -0.3 is 10.6 Å². The van der Waals surface area contributed by atoms with Crippen LogP contribution in [0.4, 0.5) is 0 Å². The average Bonchev–Trinajstić information content (AvgIpc) is 2.15. The maximum Gasteiger partial charge on any atom is 0.0105 e. The Morgan fingerprint density at radius 1 is 1.45 bits per heavy atom. The van der Waals surface area contributed by atoms with Crippen LogP contribution >= 0.6 is 0 Å². The molecule has 0 aliphatic carbocycles. The Morgan fingerprint density at radius 3 is 3.00 bits per heavy atom. The van der Waals surface area contributed by atoms with Gasteiger partial charge >= 0.3 is 0 Å². The predicted octanol–water partition coefficient (Wildman–Crippen LogP) is 1.07. The first-order chi connectivity index (χ1) is 5.33. The Morgan fingerprint density at radius 2 is 2.27 bits per heavy atom. The molecule has 66 valence electrons. The molecule has 2 heteroatoms. The highest BCUT2D eigenvalue weighted by molar-refractivity contribution is 4.67. The molecule has 1 fully saturated rings. The van der Waals surface area contributed by atoms with Crippen LogP contribution in [0.2, 0.25) is 0 Å². The van der Waals surface area contributed by atoms with Crippen molar-refractivity contribution in [2.24, 2.45) is 11.7 Å². The van der Waals surface area contributed by atoms with Gasteiger partial charge in [0.25, 0.3) is 0 Å². The van der Waals surface area contributed by atoms with Gasteiger partial charge in [-0.05, 0) is 25.3 Å². The third-order valence-electron chi connectivity index (χ3n) is 2.44. The molecule has 0 aromatic rings. The molecular weight excluding hydrogens is 136 g/mol. The molecule has 0 aromatic heterocycles. The molecule has 2 nitrogen and oxygen atoms in total. The second-order valence-electron chi connectivity index (χ2n) is 3.69. The van der Waals surface area contributed by atoms with Gasteiger partial charge in [0.1, 0.15) is 0 Å². The Labute approximate surface area is 69.8 Å². The third kappa shape index (κ3) is 3.21. The fraction of sp³-hybridized carbons (Fsp3) is 1.00. The first-order valence-electron chi connectivity index (χ1n) is 4.75. The van der Waals surface area contributed by atoms with Crippen molar-refractivity contribution >= 4 is 0 Å². The summed E-state index contributed by atoms with van der Waals surface area (Å²) in [6.45, 7) is 6.77. The van der Waals surface area contributed by atoms with Crippen molar-refractivity contribution in [1.82, 2.24) is 4.90 Å². The number of nitrogens with two attached hydrogens (primary N) is 1. The molecule has 1 heterocycles. The minimum Gasteiger partial charge on any atom is -0.329 e. The van der Waals surface area contributed by atoms with Gasteiger partial charge in [0.05, 0.1) is 0 Å². The van der Waals surface area contributed by atoms with Crippen molar-refractivity contribution in [3.05, 3.63) is 0 Å². The summed E-state index contributed by atoms with van der Waals surface area (Å²) in [7, 11) is 0. The van der Waals surface area contributed by atoms with Crippen molar-refractivity contribution in [3.63, 3.8) is 0 Å². The van der Waals surface area contributed by atoms with Gasteiger partial charge in [-0.15, -0.1) is 0 Å². The van der Waals surface area contributed by atoms with Gasteiger partial charge in [-0.25, -0.2) is 0 Å². The van der Waals surface area contributed by atoms with E-state index in [-0.39, 0.29) is 0 Å². The van der Waals surface area contributed by atoms with Crippen LogP contribution < -0.4 is 5.73 Å². The highest BCUT2D eigenvalue weighted by Crippen LogP contribution is 2.14. The van der Waals surface area contributed by atoms with Gasteiger partial charge in [-0.2, -0.15) is 0 Å². The second-order valence-corrected chi connectivity index (χ2v) is 3.69. The Bertz CT molecular complexity index is 104. The number of hydrogen-bond acceptors (Lipinski definition) is 2. The summed E-state index contributed by atoms with van der Waals surface area (Å²) in [6.07, 6.45) is 4.17. The van der Waals surface area contributed by atoms with Crippen molar-refractivity contribution < 1.29 is 0 Å². The van der Waals surface area contributed by atoms with E-state index in [0.717, 1.165) is 19.0 Å². The van der Waals surface area contributed by atoms with Crippen molar-refractivity contribution in [3.8, 4) is 0 Å². The molecule has 0 bridgehead atoms. The molecule has 1 unspecified atom stereocenters. The lowest BCUT2D eigenvalue weighted by molar-refractivity contribution is 0.263. The summed E-state index contributed by atoms with van der Waals surface area (Å²) < 4.78 is 0. The molecule has 1 aliphatic heterocycles. The standard InChI is InChI=1S/C9H20N2/c1-9-4-2-3-6-11(8-9)7-5-10/h9H,2-8,10H2,1H3. The molecular formula is C9H20N2. The first kappa shape index (κ1) is 9.01. The summed E-state index contributed by atoms with van der Waals surface area (Å²) in [5.74, 6) is 0.879. The Kier molecular flexibility index (Phi) is 3.87. The van der Waals surface area contributed by atoms with Gasteiger partial charge in [0.2, 0.25) is 0 Å². The molecule has 1 atom stereocenters. The van der Waals surface area contributed by atoms with Crippen LogP contribution in [-0.2, 0) is 0 Å². The van der Waals surface area contributed by atoms with E-state index in [2.05, 4.69) is 11.8 Å². The zero-order valence-corrected chi connectivity index (χ0v) is 7.55. The molecule has 1 aliphatic rings. The molecule has 0 saturated carbocycles. The lowest BCUT2D eigenvalue weighted by atomic mass is 10.1. The third-order valence-corrected chi connectivity index (χ3v) is 2.44. The highest BCUT2D eigenvalue weighted by atomic mass is 15.1. The molecule has 0 amide bonds. The van der Waals surface area contributed by atoms with Crippen molar-refractivity contribution in [1.29, 1.82) is 0 Å². The van der Waals surface area contributed by atoms with Gasteiger partial charge in [-0.1, -0.05) is 13.3 Å². The van der Waals surface area contributed by atoms with E-state index in [1.807, 2.05) is 0 Å². The van der Waals surface area contributed by atoms with Crippen LogP contribution in [0.3, 0.4) is 0 Å². The fourth-order valence-electron chi connectivity index (χ4n) is 1.84. The van der Waals surface area contributed by atoms with Crippen LogP contribution in [-0.4, -0.2) is 31.1 Å². The zero-order valence-electron chi connectivity index (χ0n) is 7.55. The second kappa shape index (κ2) is 4.73. The van der Waals surface area contributed by atoms with E-state index in [4.69, 9.17) is 5.73 Å². The van der Waals surface area contributed by atoms with E-state index in [1.54, 1.807) is 0 Å². The first-order valence-corrected chi connectivity index (χ1v) is 4.75. The minimum absolute atomic E-state index is 0.812. The number of likely N-dealkylation sites (tertiary alicyclic amines) is 1.